The molecule has 2 aliphatic heterocycles. The van der Waals surface area contributed by atoms with Crippen molar-refractivity contribution >= 4 is 28.6 Å². The lowest BCUT2D eigenvalue weighted by Crippen LogP contribution is -2.44. The molecule has 4 heterocycles. The zero-order valence-corrected chi connectivity index (χ0v) is 20.7. The number of nitrogens with zero attached hydrogens (tertiary/aromatic N) is 5. The van der Waals surface area contributed by atoms with E-state index < -0.39 is 6.55 Å². The quantitative estimate of drug-likeness (QED) is 0.351. The Kier molecular flexibility index (Phi) is 6.22. The third-order valence-electron chi connectivity index (χ3n) is 6.90. The molecule has 9 nitrogen and oxygen atoms in total. The van der Waals surface area contributed by atoms with Crippen molar-refractivity contribution in [2.45, 2.75) is 38.1 Å². The number of carbonyl (C=O) groups excluding carboxylic acids is 1. The summed E-state index contributed by atoms with van der Waals surface area (Å²) in [4.78, 5) is 31.5. The minimum Gasteiger partial charge on any atom is -0.490 e. The molecule has 4 aromatic rings. The van der Waals surface area contributed by atoms with Crippen molar-refractivity contribution in [3.8, 4) is 16.9 Å². The van der Waals surface area contributed by atoms with E-state index in [2.05, 4.69) is 10.1 Å². The topological polar surface area (TPSA) is 91.5 Å². The van der Waals surface area contributed by atoms with Gasteiger partial charge in [-0.25, -0.2) is 14.5 Å². The molecule has 2 atom stereocenters. The van der Waals surface area contributed by atoms with Crippen molar-refractivity contribution in [3.05, 3.63) is 76.1 Å². The summed E-state index contributed by atoms with van der Waals surface area (Å²) in [5, 5.41) is 4.68. The molecule has 0 radical (unpaired) electrons. The summed E-state index contributed by atoms with van der Waals surface area (Å²) in [5.74, 6) is 0.359. The van der Waals surface area contributed by atoms with Gasteiger partial charge < -0.3 is 14.4 Å². The van der Waals surface area contributed by atoms with Crippen molar-refractivity contribution in [1.82, 2.24) is 24.2 Å². The summed E-state index contributed by atoms with van der Waals surface area (Å²) in [5.41, 5.74) is 1.91. The number of piperidine rings is 1. The van der Waals surface area contributed by atoms with Crippen LogP contribution in [0.4, 0.5) is 13.6 Å². The van der Waals surface area contributed by atoms with Crippen molar-refractivity contribution in [2.75, 3.05) is 13.2 Å². The fourth-order valence-corrected chi connectivity index (χ4v) is 5.07. The van der Waals surface area contributed by atoms with E-state index in [-0.39, 0.29) is 23.8 Å². The Labute approximate surface area is 220 Å². The lowest BCUT2D eigenvalue weighted by atomic mass is 10.0. The number of rotatable bonds is 6. The van der Waals surface area contributed by atoms with Crippen LogP contribution >= 0.6 is 11.6 Å². The second-order valence-electron chi connectivity index (χ2n) is 9.34. The number of benzene rings is 2. The molecule has 2 aromatic carbocycles. The van der Waals surface area contributed by atoms with Crippen molar-refractivity contribution < 1.29 is 23.0 Å². The summed E-state index contributed by atoms with van der Waals surface area (Å²) in [7, 11) is 0. The number of fused-ring (bicyclic) bond motifs is 2. The van der Waals surface area contributed by atoms with Crippen LogP contribution in [0.2, 0.25) is 5.02 Å². The van der Waals surface area contributed by atoms with Gasteiger partial charge in [0.2, 0.25) is 0 Å². The second-order valence-corrected chi connectivity index (χ2v) is 9.78. The summed E-state index contributed by atoms with van der Waals surface area (Å²) >= 11 is 5.97. The number of hydrogen-bond donors (Lipinski definition) is 0. The van der Waals surface area contributed by atoms with E-state index >= 15 is 0 Å². The Balaban J connectivity index is 1.38. The van der Waals surface area contributed by atoms with Crippen LogP contribution in [0.5, 0.6) is 5.75 Å². The first kappa shape index (κ1) is 24.4. The Morgan fingerprint density at radius 1 is 1.18 bits per heavy atom. The van der Waals surface area contributed by atoms with Crippen LogP contribution in [0.1, 0.15) is 25.0 Å². The molecule has 0 saturated carbocycles. The average Bonchev–Trinajstić information content (AvgIpc) is 3.54. The summed E-state index contributed by atoms with van der Waals surface area (Å²) in [6.07, 6.45) is 4.53. The molecule has 2 fully saturated rings. The van der Waals surface area contributed by atoms with Gasteiger partial charge in [0.25, 0.3) is 5.56 Å². The number of carbonyl (C=O) groups is 1. The maximum Gasteiger partial charge on any atom is 0.410 e. The van der Waals surface area contributed by atoms with E-state index in [0.717, 1.165) is 5.56 Å². The number of ether oxygens (including phenoxy) is 2. The lowest BCUT2D eigenvalue weighted by molar-refractivity contribution is 0.0566. The molecule has 2 aromatic heterocycles. The summed E-state index contributed by atoms with van der Waals surface area (Å²) in [6.45, 7) is -1.72. The monoisotopic (exact) mass is 541 g/mol. The minimum atomic E-state index is -2.80. The predicted octanol–water partition coefficient (Wildman–Crippen LogP) is 4.72. The molecule has 2 aliphatic rings. The minimum absolute atomic E-state index is 0.0926. The van der Waals surface area contributed by atoms with Crippen molar-refractivity contribution in [3.63, 3.8) is 0 Å². The molecule has 2 saturated heterocycles. The van der Waals surface area contributed by atoms with Crippen LogP contribution < -0.4 is 10.3 Å². The highest BCUT2D eigenvalue weighted by atomic mass is 35.5. The second kappa shape index (κ2) is 9.71. The summed E-state index contributed by atoms with van der Waals surface area (Å²) < 4.78 is 40.1. The smallest absolute Gasteiger partial charge is 0.410 e. The third-order valence-corrected chi connectivity index (χ3v) is 7.15. The van der Waals surface area contributed by atoms with Crippen LogP contribution in [0.3, 0.4) is 0 Å². The molecule has 0 unspecified atom stereocenters. The standard InChI is InChI=1S/C26H22ClF2N5O4/c27-17-3-1-15(2-4-17)11-32-14-30-22-8-20(16-10-31-34(12-16)25(28)29)23(9-21(22)24(32)35)38-19-5-6-33-18(7-19)13-37-26(33)36/h1-4,8-10,12,14,18-19,25H,5-7,11,13H2/t18-,19-/m0/s1. The van der Waals surface area contributed by atoms with E-state index in [4.69, 9.17) is 21.1 Å². The van der Waals surface area contributed by atoms with Gasteiger partial charge in [-0.1, -0.05) is 23.7 Å². The van der Waals surface area contributed by atoms with E-state index in [1.807, 2.05) is 12.1 Å². The SMILES string of the molecule is O=C1OC[C@@H]2C[C@@H](Oc3cc4c(=O)n(Cc5ccc(Cl)cc5)cnc4cc3-c3cnn(C(F)F)c3)CCN12. The van der Waals surface area contributed by atoms with Crippen LogP contribution in [-0.4, -0.2) is 55.6 Å². The number of alkyl halides is 2. The fourth-order valence-electron chi connectivity index (χ4n) is 4.94. The molecule has 196 valence electrons. The van der Waals surface area contributed by atoms with Crippen LogP contribution in [0.15, 0.2) is 59.9 Å². The van der Waals surface area contributed by atoms with E-state index in [9.17, 15) is 18.4 Å². The maximum atomic E-state index is 13.4. The highest BCUT2D eigenvalue weighted by Crippen LogP contribution is 2.36. The van der Waals surface area contributed by atoms with E-state index in [1.165, 1.54) is 23.3 Å². The van der Waals surface area contributed by atoms with Crippen LogP contribution in [0, 0.1) is 0 Å². The van der Waals surface area contributed by atoms with Crippen molar-refractivity contribution in [2.24, 2.45) is 0 Å². The number of amides is 1. The van der Waals surface area contributed by atoms with Gasteiger partial charge in [0.05, 0.1) is 36.0 Å². The van der Waals surface area contributed by atoms with Gasteiger partial charge in [-0.2, -0.15) is 13.9 Å². The highest BCUT2D eigenvalue weighted by Gasteiger charge is 2.39. The normalized spacial score (nSPS) is 19.2. The first-order chi connectivity index (χ1) is 18.4. The summed E-state index contributed by atoms with van der Waals surface area (Å²) in [6, 6.07) is 10.3. The van der Waals surface area contributed by atoms with Gasteiger partial charge in [-0.05, 0) is 29.8 Å². The molecular formula is C26H22ClF2N5O4. The average molecular weight is 542 g/mol. The Morgan fingerprint density at radius 2 is 2.00 bits per heavy atom. The zero-order chi connectivity index (χ0) is 26.4. The van der Waals surface area contributed by atoms with Crippen LogP contribution in [-0.2, 0) is 11.3 Å². The van der Waals surface area contributed by atoms with Gasteiger partial charge in [0.1, 0.15) is 18.5 Å². The molecule has 0 bridgehead atoms. The van der Waals surface area contributed by atoms with E-state index in [1.54, 1.807) is 29.2 Å². The van der Waals surface area contributed by atoms with Crippen molar-refractivity contribution in [1.29, 1.82) is 0 Å². The van der Waals surface area contributed by atoms with E-state index in [0.29, 0.717) is 70.0 Å². The molecular weight excluding hydrogens is 520 g/mol. The Bertz CT molecular complexity index is 1570. The van der Waals surface area contributed by atoms with Gasteiger partial charge in [-0.15, -0.1) is 0 Å². The Morgan fingerprint density at radius 3 is 2.76 bits per heavy atom. The van der Waals surface area contributed by atoms with Gasteiger partial charge in [0.15, 0.2) is 0 Å². The molecule has 0 N–H and O–H groups in total. The number of halogens is 3. The molecule has 38 heavy (non-hydrogen) atoms. The first-order valence-electron chi connectivity index (χ1n) is 12.1. The number of cyclic esters (lactones) is 1. The Hall–Kier alpha value is -3.99. The molecule has 6 rings (SSSR count). The lowest BCUT2D eigenvalue weighted by Gasteiger charge is -2.33. The zero-order valence-electron chi connectivity index (χ0n) is 20.0. The molecule has 0 spiro atoms. The molecule has 0 aliphatic carbocycles. The maximum absolute atomic E-state index is 13.4. The van der Waals surface area contributed by atoms with Gasteiger partial charge in [-0.3, -0.25) is 9.36 Å². The molecule has 1 amide bonds. The fraction of sp³-hybridized carbons (Fsp3) is 0.308. The van der Waals surface area contributed by atoms with Gasteiger partial charge >= 0.3 is 12.6 Å². The molecule has 12 heteroatoms. The number of hydrogen-bond acceptors (Lipinski definition) is 6. The highest BCUT2D eigenvalue weighted by molar-refractivity contribution is 6.30. The third kappa shape index (κ3) is 4.58. The first-order valence-corrected chi connectivity index (χ1v) is 12.4. The predicted molar refractivity (Wildman–Crippen MR) is 135 cm³/mol. The number of aromatic nitrogens is 4. The van der Waals surface area contributed by atoms with Crippen LogP contribution in [0.25, 0.3) is 22.0 Å². The van der Waals surface area contributed by atoms with Gasteiger partial charge in [0, 0.05) is 41.7 Å². The largest absolute Gasteiger partial charge is 0.490 e.